The van der Waals surface area contributed by atoms with Gasteiger partial charge >= 0.3 is 0 Å². The van der Waals surface area contributed by atoms with Gasteiger partial charge in [-0.25, -0.2) is 26.6 Å². The highest BCUT2D eigenvalue weighted by molar-refractivity contribution is 7.90. The average molecular weight is 565 g/mol. The molecule has 0 saturated heterocycles. The number of rotatable bonds is 10. The molecule has 4 N–H and O–H groups in total. The molecule has 2 aromatic carbocycles. The molecule has 0 saturated carbocycles. The first-order valence-electron chi connectivity index (χ1n) is 11.5. The summed E-state index contributed by atoms with van der Waals surface area (Å²) in [5.74, 6) is -4.75. The Bertz CT molecular complexity index is 1640. The number of amides is 1. The van der Waals surface area contributed by atoms with Crippen LogP contribution in [0.1, 0.15) is 22.5 Å². The van der Waals surface area contributed by atoms with Crippen molar-refractivity contribution in [2.24, 2.45) is 0 Å². The second-order valence-corrected chi connectivity index (χ2v) is 10.5. The summed E-state index contributed by atoms with van der Waals surface area (Å²) in [6, 6.07) is 7.12. The zero-order valence-electron chi connectivity index (χ0n) is 20.4. The number of nitrogens with one attached hydrogen (secondary N) is 2. The Labute approximate surface area is 220 Å². The lowest BCUT2D eigenvalue weighted by atomic mass is 10.00. The summed E-state index contributed by atoms with van der Waals surface area (Å²) >= 11 is 0. The van der Waals surface area contributed by atoms with Crippen LogP contribution in [0, 0.1) is 17.5 Å². The quantitative estimate of drug-likeness (QED) is 0.229. The predicted molar refractivity (Wildman–Crippen MR) is 133 cm³/mol. The van der Waals surface area contributed by atoms with Crippen LogP contribution in [0.25, 0.3) is 22.0 Å². The molecular weight excluding hydrogens is 541 g/mol. The van der Waals surface area contributed by atoms with Crippen molar-refractivity contribution in [1.29, 1.82) is 0 Å². The Morgan fingerprint density at radius 2 is 1.90 bits per heavy atom. The number of hydrogen-bond acceptors (Lipinski definition) is 8. The smallest absolute Gasteiger partial charge is 0.269 e. The van der Waals surface area contributed by atoms with Crippen LogP contribution in [0.15, 0.2) is 47.5 Å². The number of sulfone groups is 1. The van der Waals surface area contributed by atoms with E-state index in [2.05, 4.69) is 20.5 Å². The molecule has 0 fully saturated rings. The van der Waals surface area contributed by atoms with Crippen LogP contribution in [0.2, 0.25) is 0 Å². The molecule has 2 heterocycles. The minimum Gasteiger partial charge on any atom is -0.480 e. The lowest BCUT2D eigenvalue weighted by molar-refractivity contribution is 0.0832. The third kappa shape index (κ3) is 5.72. The highest BCUT2D eigenvalue weighted by Gasteiger charge is 2.26. The number of carbonyl (C=O) groups excluding carboxylic acids is 1. The van der Waals surface area contributed by atoms with E-state index >= 15 is 8.78 Å². The molecule has 4 rings (SSSR count). The van der Waals surface area contributed by atoms with Gasteiger partial charge in [-0.3, -0.25) is 9.89 Å². The maximum atomic E-state index is 15.5. The molecule has 0 unspecified atom stereocenters. The molecule has 206 valence electrons. The van der Waals surface area contributed by atoms with Crippen LogP contribution in [-0.4, -0.2) is 66.1 Å². The number of halogens is 3. The van der Waals surface area contributed by atoms with Gasteiger partial charge in [0.15, 0.2) is 15.7 Å². The number of fused-ring (bicyclic) bond motifs is 1. The second-order valence-electron chi connectivity index (χ2n) is 8.50. The number of methoxy groups -OCH3 is 1. The number of H-pyrrole nitrogens is 1. The zero-order chi connectivity index (χ0) is 28.3. The van der Waals surface area contributed by atoms with Gasteiger partial charge in [-0.05, 0) is 18.6 Å². The van der Waals surface area contributed by atoms with Crippen molar-refractivity contribution in [1.82, 2.24) is 20.5 Å². The van der Waals surface area contributed by atoms with Crippen molar-refractivity contribution in [2.75, 3.05) is 20.3 Å². The topological polar surface area (TPSA) is 154 Å². The highest BCUT2D eigenvalue weighted by atomic mass is 32.2. The lowest BCUT2D eigenvalue weighted by Crippen LogP contribution is -2.28. The fourth-order valence-electron chi connectivity index (χ4n) is 3.93. The van der Waals surface area contributed by atoms with Gasteiger partial charge in [-0.1, -0.05) is 24.3 Å². The molecule has 0 radical (unpaired) electrons. The van der Waals surface area contributed by atoms with E-state index in [4.69, 9.17) is 9.84 Å². The fourth-order valence-corrected chi connectivity index (χ4v) is 5.41. The number of ether oxygens (including phenoxy) is 1. The van der Waals surface area contributed by atoms with Crippen molar-refractivity contribution in [3.63, 3.8) is 0 Å². The van der Waals surface area contributed by atoms with E-state index in [0.717, 1.165) is 19.4 Å². The van der Waals surface area contributed by atoms with E-state index in [9.17, 15) is 22.7 Å². The molecule has 0 aliphatic carbocycles. The number of aliphatic hydroxyl groups excluding tert-OH is 2. The number of aliphatic hydroxyl groups is 2. The number of nitrogens with zero attached hydrogens (tertiary/aromatic N) is 2. The Balaban J connectivity index is 1.65. The van der Waals surface area contributed by atoms with Crippen molar-refractivity contribution < 1.29 is 41.3 Å². The van der Waals surface area contributed by atoms with Crippen LogP contribution >= 0.6 is 0 Å². The van der Waals surface area contributed by atoms with Gasteiger partial charge in [0.25, 0.3) is 5.91 Å². The van der Waals surface area contributed by atoms with Crippen LogP contribution in [0.4, 0.5) is 13.2 Å². The van der Waals surface area contributed by atoms with Crippen molar-refractivity contribution in [3.05, 3.63) is 71.3 Å². The number of aromatic nitrogens is 3. The van der Waals surface area contributed by atoms with E-state index in [1.807, 2.05) is 0 Å². The molecule has 1 atom stereocenters. The molecular formula is C25H23F3N4O6S. The summed E-state index contributed by atoms with van der Waals surface area (Å²) in [5, 5.41) is 27.1. The fraction of sp³-hybridized carbons (Fsp3) is 0.240. The maximum absolute atomic E-state index is 15.5. The van der Waals surface area contributed by atoms with Crippen molar-refractivity contribution in [2.45, 2.75) is 23.2 Å². The maximum Gasteiger partial charge on any atom is 0.269 e. The van der Waals surface area contributed by atoms with Gasteiger partial charge in [0, 0.05) is 28.6 Å². The highest BCUT2D eigenvalue weighted by Crippen LogP contribution is 2.33. The van der Waals surface area contributed by atoms with Crippen molar-refractivity contribution in [3.8, 4) is 17.0 Å². The monoisotopic (exact) mass is 564 g/mol. The van der Waals surface area contributed by atoms with Gasteiger partial charge in [-0.15, -0.1) is 0 Å². The van der Waals surface area contributed by atoms with E-state index in [-0.39, 0.29) is 52.1 Å². The normalized spacial score (nSPS) is 12.5. The van der Waals surface area contributed by atoms with Crippen molar-refractivity contribution >= 4 is 26.6 Å². The Morgan fingerprint density at radius 1 is 1.15 bits per heavy atom. The SMILES string of the molecule is COc1ncc(F)cc1S(=O)(=O)Cc1cccc(-c2ccc3c(C(=O)NCC[C@H](O)CO)[nH]nc3c2F)c1F. The van der Waals surface area contributed by atoms with Crippen LogP contribution < -0.4 is 10.1 Å². The molecule has 39 heavy (non-hydrogen) atoms. The van der Waals surface area contributed by atoms with Gasteiger partial charge in [-0.2, -0.15) is 5.10 Å². The van der Waals surface area contributed by atoms with Gasteiger partial charge < -0.3 is 20.3 Å². The van der Waals surface area contributed by atoms with E-state index in [0.29, 0.717) is 0 Å². The van der Waals surface area contributed by atoms with E-state index in [1.54, 1.807) is 0 Å². The summed E-state index contributed by atoms with van der Waals surface area (Å²) in [7, 11) is -3.16. The van der Waals surface area contributed by atoms with Gasteiger partial charge in [0.2, 0.25) is 5.88 Å². The first-order valence-corrected chi connectivity index (χ1v) is 13.2. The number of carbonyl (C=O) groups is 1. The Morgan fingerprint density at radius 3 is 2.62 bits per heavy atom. The van der Waals surface area contributed by atoms with Crippen LogP contribution in [-0.2, 0) is 15.6 Å². The first kappa shape index (κ1) is 28.0. The molecule has 0 spiro atoms. The number of benzene rings is 2. The molecule has 0 aliphatic heterocycles. The van der Waals surface area contributed by atoms with E-state index < -0.39 is 56.6 Å². The largest absolute Gasteiger partial charge is 0.480 e. The Hall–Kier alpha value is -4.01. The van der Waals surface area contributed by atoms with Crippen LogP contribution in [0.5, 0.6) is 5.88 Å². The molecule has 2 aromatic heterocycles. The number of aromatic amines is 1. The number of hydrogen-bond donors (Lipinski definition) is 4. The minimum absolute atomic E-state index is 0.0418. The Kier molecular flexibility index (Phi) is 8.18. The summed E-state index contributed by atoms with van der Waals surface area (Å²) in [6.07, 6.45) is -0.123. The molecule has 1 amide bonds. The summed E-state index contributed by atoms with van der Waals surface area (Å²) < 4.78 is 75.5. The third-order valence-electron chi connectivity index (χ3n) is 5.89. The van der Waals surface area contributed by atoms with Gasteiger partial charge in [0.1, 0.15) is 27.7 Å². The standard InChI is InChI=1S/C25H23F3N4O6S/c1-38-25-19(9-14(26)10-30-25)39(36,37)12-13-3-2-4-16(20(13)27)17-5-6-18-22(21(17)28)31-32-23(18)24(35)29-8-7-15(34)11-33/h2-6,9-10,15,33-34H,7-8,11-12H2,1H3,(H,29,35)(H,31,32)/t15-/m0/s1. The minimum atomic E-state index is -4.32. The second kappa shape index (κ2) is 11.4. The van der Waals surface area contributed by atoms with Gasteiger partial charge in [0.05, 0.1) is 31.8 Å². The molecule has 14 heteroatoms. The molecule has 0 bridgehead atoms. The summed E-state index contributed by atoms with van der Waals surface area (Å²) in [4.78, 5) is 15.5. The molecule has 0 aliphatic rings. The molecule has 10 nitrogen and oxygen atoms in total. The summed E-state index contributed by atoms with van der Waals surface area (Å²) in [6.45, 7) is -0.420. The summed E-state index contributed by atoms with van der Waals surface area (Å²) in [5.41, 5.74) is -1.09. The molecule has 4 aromatic rings. The first-order chi connectivity index (χ1) is 18.6. The third-order valence-corrected chi connectivity index (χ3v) is 7.55. The lowest BCUT2D eigenvalue weighted by Gasteiger charge is -2.12. The predicted octanol–water partition coefficient (Wildman–Crippen LogP) is 2.50. The average Bonchev–Trinajstić information content (AvgIpc) is 3.35. The number of pyridine rings is 1. The zero-order valence-corrected chi connectivity index (χ0v) is 21.2. The van der Waals surface area contributed by atoms with Crippen LogP contribution in [0.3, 0.4) is 0 Å². The van der Waals surface area contributed by atoms with E-state index in [1.165, 1.54) is 30.3 Å².